The fourth-order valence-electron chi connectivity index (χ4n) is 1.20. The van der Waals surface area contributed by atoms with Crippen molar-refractivity contribution in [3.63, 3.8) is 0 Å². The van der Waals surface area contributed by atoms with Gasteiger partial charge in [-0.1, -0.05) is 18.5 Å². The molecule has 0 spiro atoms. The molecule has 0 radical (unpaired) electrons. The number of carboxylic acid groups (broad SMARTS) is 1. The third-order valence-electron chi connectivity index (χ3n) is 2.04. The molecule has 1 atom stereocenters. The zero-order chi connectivity index (χ0) is 11.4. The predicted octanol–water partition coefficient (Wildman–Crippen LogP) is -1.44. The molecule has 0 N–H and O–H groups in total. The van der Waals surface area contributed by atoms with Gasteiger partial charge in [0.15, 0.2) is 0 Å². The van der Waals surface area contributed by atoms with Crippen LogP contribution >= 0.6 is 11.6 Å². The second-order valence-electron chi connectivity index (χ2n) is 3.24. The smallest absolute Gasteiger partial charge is 0.546 e. The standard InChI is InChI=1S/C11H13ClO3.Na/c1-3-9(11(13)14)15-10-5-4-8(12)6-7(10)2;/h4-6,9H,3H2,1-2H3,(H,13,14);/q;+1/p-1. The minimum atomic E-state index is -1.20. The number of carboxylic acids is 1. The minimum Gasteiger partial charge on any atom is -0.546 e. The maximum absolute atomic E-state index is 10.7. The summed E-state index contributed by atoms with van der Waals surface area (Å²) in [4.78, 5) is 10.7. The molecule has 0 amide bonds. The Kier molecular flexibility index (Phi) is 7.07. The maximum atomic E-state index is 10.7. The molecule has 0 heterocycles. The Morgan fingerprint density at radius 3 is 2.62 bits per heavy atom. The van der Waals surface area contributed by atoms with E-state index in [0.29, 0.717) is 17.2 Å². The van der Waals surface area contributed by atoms with Gasteiger partial charge in [0.2, 0.25) is 0 Å². The van der Waals surface area contributed by atoms with Gasteiger partial charge in [-0.2, -0.15) is 0 Å². The summed E-state index contributed by atoms with van der Waals surface area (Å²) in [6, 6.07) is 5.04. The van der Waals surface area contributed by atoms with Crippen LogP contribution in [-0.4, -0.2) is 12.1 Å². The van der Waals surface area contributed by atoms with Gasteiger partial charge in [-0.05, 0) is 37.1 Å². The fourth-order valence-corrected chi connectivity index (χ4v) is 1.42. The van der Waals surface area contributed by atoms with Crippen LogP contribution in [0.1, 0.15) is 18.9 Å². The van der Waals surface area contributed by atoms with Crippen molar-refractivity contribution < 1.29 is 44.2 Å². The van der Waals surface area contributed by atoms with Gasteiger partial charge >= 0.3 is 29.6 Å². The Morgan fingerprint density at radius 1 is 1.56 bits per heavy atom. The Balaban J connectivity index is 0.00000225. The van der Waals surface area contributed by atoms with E-state index in [1.165, 1.54) is 0 Å². The molecule has 0 fully saturated rings. The van der Waals surface area contributed by atoms with E-state index in [1.54, 1.807) is 25.1 Å². The Morgan fingerprint density at radius 2 is 2.19 bits per heavy atom. The van der Waals surface area contributed by atoms with Crippen LogP contribution in [0, 0.1) is 6.92 Å². The number of benzene rings is 1. The van der Waals surface area contributed by atoms with E-state index in [2.05, 4.69) is 0 Å². The van der Waals surface area contributed by atoms with Crippen LogP contribution in [0.15, 0.2) is 18.2 Å². The summed E-state index contributed by atoms with van der Waals surface area (Å²) < 4.78 is 5.29. The van der Waals surface area contributed by atoms with E-state index in [9.17, 15) is 9.90 Å². The second-order valence-corrected chi connectivity index (χ2v) is 3.68. The van der Waals surface area contributed by atoms with Gasteiger partial charge in [-0.3, -0.25) is 0 Å². The van der Waals surface area contributed by atoms with Gasteiger partial charge in [0.25, 0.3) is 0 Å². The van der Waals surface area contributed by atoms with Crippen LogP contribution in [0.2, 0.25) is 5.02 Å². The number of rotatable bonds is 4. The molecule has 0 saturated heterocycles. The van der Waals surface area contributed by atoms with Gasteiger partial charge in [-0.15, -0.1) is 0 Å². The number of carbonyl (C=O) groups is 1. The molecular weight excluding hydrogens is 239 g/mol. The summed E-state index contributed by atoms with van der Waals surface area (Å²) in [5.74, 6) is -0.678. The number of aryl methyl sites for hydroxylation is 1. The van der Waals surface area contributed by atoms with E-state index in [0.717, 1.165) is 5.56 Å². The van der Waals surface area contributed by atoms with Crippen LogP contribution in [0.4, 0.5) is 0 Å². The largest absolute Gasteiger partial charge is 1.00 e. The molecule has 1 rings (SSSR count). The van der Waals surface area contributed by atoms with E-state index in [4.69, 9.17) is 16.3 Å². The van der Waals surface area contributed by atoms with Crippen molar-refractivity contribution in [2.75, 3.05) is 0 Å². The van der Waals surface area contributed by atoms with Crippen molar-refractivity contribution >= 4 is 17.6 Å². The third-order valence-corrected chi connectivity index (χ3v) is 2.27. The van der Waals surface area contributed by atoms with Crippen molar-refractivity contribution in [2.24, 2.45) is 0 Å². The van der Waals surface area contributed by atoms with Crippen LogP contribution in [0.5, 0.6) is 5.75 Å². The minimum absolute atomic E-state index is 0. The van der Waals surface area contributed by atoms with Crippen LogP contribution < -0.4 is 39.4 Å². The molecule has 0 saturated carbocycles. The fraction of sp³-hybridized carbons (Fsp3) is 0.364. The molecule has 1 aromatic carbocycles. The van der Waals surface area contributed by atoms with Gasteiger partial charge in [0, 0.05) is 5.02 Å². The molecule has 5 heteroatoms. The number of ether oxygens (including phenoxy) is 1. The first-order chi connectivity index (χ1) is 7.04. The second kappa shape index (κ2) is 7.17. The van der Waals surface area contributed by atoms with E-state index < -0.39 is 12.1 Å². The first-order valence-corrected chi connectivity index (χ1v) is 5.06. The first kappa shape index (κ1) is 15.8. The summed E-state index contributed by atoms with van der Waals surface area (Å²) in [6.45, 7) is 3.54. The zero-order valence-electron chi connectivity index (χ0n) is 9.62. The van der Waals surface area contributed by atoms with Gasteiger partial charge in [-0.25, -0.2) is 0 Å². The van der Waals surface area contributed by atoms with E-state index >= 15 is 0 Å². The Hall–Kier alpha value is -0.220. The molecule has 82 valence electrons. The molecule has 16 heavy (non-hydrogen) atoms. The summed E-state index contributed by atoms with van der Waals surface area (Å²) in [5.41, 5.74) is 0.808. The van der Waals surface area contributed by atoms with Crippen LogP contribution in [-0.2, 0) is 4.79 Å². The van der Waals surface area contributed by atoms with Crippen molar-refractivity contribution in [1.82, 2.24) is 0 Å². The molecule has 1 aromatic rings. The normalized spacial score (nSPS) is 11.4. The molecule has 3 nitrogen and oxygen atoms in total. The summed E-state index contributed by atoms with van der Waals surface area (Å²) >= 11 is 5.77. The molecular formula is C11H12ClNaO3. The molecule has 0 aliphatic carbocycles. The predicted molar refractivity (Wildman–Crippen MR) is 55.9 cm³/mol. The van der Waals surface area contributed by atoms with Crippen molar-refractivity contribution in [3.8, 4) is 5.75 Å². The molecule has 0 aliphatic rings. The number of hydrogen-bond acceptors (Lipinski definition) is 3. The summed E-state index contributed by atoms with van der Waals surface area (Å²) in [6.07, 6.45) is -0.547. The third kappa shape index (κ3) is 4.34. The monoisotopic (exact) mass is 250 g/mol. The first-order valence-electron chi connectivity index (χ1n) is 4.68. The van der Waals surface area contributed by atoms with E-state index in [1.807, 2.05) is 6.92 Å². The number of hydrogen-bond donors (Lipinski definition) is 0. The van der Waals surface area contributed by atoms with Crippen LogP contribution in [0.25, 0.3) is 0 Å². The van der Waals surface area contributed by atoms with Gasteiger partial charge in [0.05, 0.1) is 5.97 Å². The number of halogens is 1. The van der Waals surface area contributed by atoms with Crippen molar-refractivity contribution in [3.05, 3.63) is 28.8 Å². The number of aliphatic carboxylic acids is 1. The molecule has 0 bridgehead atoms. The topological polar surface area (TPSA) is 49.4 Å². The average Bonchev–Trinajstić information content (AvgIpc) is 2.16. The quantitative estimate of drug-likeness (QED) is 0.615. The SMILES string of the molecule is CCC(Oc1ccc(Cl)cc1C)C(=O)[O-].[Na+]. The van der Waals surface area contributed by atoms with Crippen molar-refractivity contribution in [1.29, 1.82) is 0 Å². The molecule has 0 aliphatic heterocycles. The van der Waals surface area contributed by atoms with Gasteiger partial charge < -0.3 is 14.6 Å². The summed E-state index contributed by atoms with van der Waals surface area (Å²) in [5, 5.41) is 11.2. The molecule has 0 aromatic heterocycles. The Bertz CT molecular complexity index is 368. The Labute approximate surface area is 122 Å². The molecule has 1 unspecified atom stereocenters. The van der Waals surface area contributed by atoms with Crippen molar-refractivity contribution in [2.45, 2.75) is 26.4 Å². The average molecular weight is 251 g/mol. The number of carbonyl (C=O) groups excluding carboxylic acids is 1. The van der Waals surface area contributed by atoms with Gasteiger partial charge in [0.1, 0.15) is 11.9 Å². The zero-order valence-corrected chi connectivity index (χ0v) is 12.4. The maximum Gasteiger partial charge on any atom is 1.00 e. The van der Waals surface area contributed by atoms with E-state index in [-0.39, 0.29) is 29.6 Å². The summed E-state index contributed by atoms with van der Waals surface area (Å²) in [7, 11) is 0. The van der Waals surface area contributed by atoms with Crippen LogP contribution in [0.3, 0.4) is 0 Å².